The Morgan fingerprint density at radius 1 is 1.39 bits per heavy atom. The van der Waals surface area contributed by atoms with Crippen LogP contribution in [0, 0.1) is 5.92 Å². The van der Waals surface area contributed by atoms with Crippen molar-refractivity contribution >= 4 is 0 Å². The summed E-state index contributed by atoms with van der Waals surface area (Å²) in [7, 11) is 0. The average molecular weight is 253 g/mol. The summed E-state index contributed by atoms with van der Waals surface area (Å²) in [6, 6.07) is 2.02. The van der Waals surface area contributed by atoms with Crippen LogP contribution < -0.4 is 5.32 Å². The Balaban J connectivity index is 2.19. The first-order chi connectivity index (χ1) is 8.74. The lowest BCUT2D eigenvalue weighted by molar-refractivity contribution is 0.0999. The lowest BCUT2D eigenvalue weighted by atomic mass is 10.1. The number of ether oxygens (including phenoxy) is 1. The topological polar surface area (TPSA) is 34.4 Å². The minimum atomic E-state index is 0.592. The van der Waals surface area contributed by atoms with Crippen LogP contribution in [0.15, 0.2) is 16.7 Å². The van der Waals surface area contributed by atoms with Crippen LogP contribution in [0.2, 0.25) is 0 Å². The highest BCUT2D eigenvalue weighted by Crippen LogP contribution is 2.12. The molecule has 0 saturated carbocycles. The van der Waals surface area contributed by atoms with Crippen LogP contribution in [0.1, 0.15) is 51.4 Å². The molecule has 0 fully saturated rings. The summed E-state index contributed by atoms with van der Waals surface area (Å²) in [5, 5.41) is 3.38. The van der Waals surface area contributed by atoms with Crippen molar-refractivity contribution in [2.75, 3.05) is 13.2 Å². The maximum Gasteiger partial charge on any atom is 0.133 e. The van der Waals surface area contributed by atoms with Gasteiger partial charge in [-0.2, -0.15) is 0 Å². The van der Waals surface area contributed by atoms with Crippen molar-refractivity contribution in [3.8, 4) is 0 Å². The van der Waals surface area contributed by atoms with Gasteiger partial charge >= 0.3 is 0 Å². The van der Waals surface area contributed by atoms with Crippen LogP contribution in [-0.2, 0) is 17.9 Å². The quantitative estimate of drug-likeness (QED) is 0.645. The highest BCUT2D eigenvalue weighted by molar-refractivity contribution is 5.16. The van der Waals surface area contributed by atoms with Gasteiger partial charge in [-0.1, -0.05) is 20.8 Å². The summed E-state index contributed by atoms with van der Waals surface area (Å²) in [5.74, 6) is 1.72. The first-order valence-electron chi connectivity index (χ1n) is 7.07. The molecule has 0 amide bonds. The molecule has 0 atom stereocenters. The predicted molar refractivity (Wildman–Crippen MR) is 74.4 cm³/mol. The van der Waals surface area contributed by atoms with Gasteiger partial charge in [0.25, 0.3) is 0 Å². The fraction of sp³-hybridized carbons (Fsp3) is 0.733. The molecule has 1 aromatic rings. The Morgan fingerprint density at radius 3 is 2.94 bits per heavy atom. The second-order valence-corrected chi connectivity index (χ2v) is 5.13. The van der Waals surface area contributed by atoms with E-state index in [2.05, 4.69) is 26.1 Å². The maximum absolute atomic E-state index is 5.65. The van der Waals surface area contributed by atoms with Gasteiger partial charge in [0, 0.05) is 18.7 Å². The van der Waals surface area contributed by atoms with Crippen molar-refractivity contribution in [2.24, 2.45) is 5.92 Å². The third kappa shape index (κ3) is 6.22. The molecule has 0 aliphatic rings. The number of rotatable bonds is 10. The Kier molecular flexibility index (Phi) is 7.78. The summed E-state index contributed by atoms with van der Waals surface area (Å²) in [6.07, 6.45) is 5.25. The van der Waals surface area contributed by atoms with E-state index in [-0.39, 0.29) is 0 Å². The zero-order chi connectivity index (χ0) is 13.2. The van der Waals surface area contributed by atoms with Gasteiger partial charge in [0.1, 0.15) is 12.4 Å². The molecule has 18 heavy (non-hydrogen) atoms. The van der Waals surface area contributed by atoms with Crippen LogP contribution >= 0.6 is 0 Å². The van der Waals surface area contributed by atoms with Crippen molar-refractivity contribution in [2.45, 2.75) is 53.2 Å². The molecule has 0 aliphatic carbocycles. The molecule has 1 heterocycles. The number of hydrogen-bond acceptors (Lipinski definition) is 3. The van der Waals surface area contributed by atoms with Gasteiger partial charge in [0.2, 0.25) is 0 Å². The predicted octanol–water partition coefficient (Wildman–Crippen LogP) is 3.73. The monoisotopic (exact) mass is 253 g/mol. The van der Waals surface area contributed by atoms with E-state index < -0.39 is 0 Å². The van der Waals surface area contributed by atoms with Gasteiger partial charge in [0.15, 0.2) is 0 Å². The molecular weight excluding hydrogens is 226 g/mol. The van der Waals surface area contributed by atoms with Crippen LogP contribution in [-0.4, -0.2) is 13.2 Å². The Labute approximate surface area is 111 Å². The molecule has 0 spiro atoms. The standard InChI is InChI=1S/C15H27NO2/c1-4-8-16-11-14-7-10-18-15(14)12-17-9-5-6-13(2)3/h7,10,13,16H,4-6,8-9,11-12H2,1-3H3. The van der Waals surface area contributed by atoms with Crippen LogP contribution in [0.5, 0.6) is 0 Å². The van der Waals surface area contributed by atoms with E-state index in [0.29, 0.717) is 6.61 Å². The molecule has 0 aliphatic heterocycles. The molecule has 0 saturated heterocycles. The second-order valence-electron chi connectivity index (χ2n) is 5.13. The largest absolute Gasteiger partial charge is 0.467 e. The molecule has 1 N–H and O–H groups in total. The number of nitrogens with one attached hydrogen (secondary N) is 1. The van der Waals surface area contributed by atoms with Crippen LogP contribution in [0.25, 0.3) is 0 Å². The van der Waals surface area contributed by atoms with Gasteiger partial charge in [-0.05, 0) is 37.8 Å². The van der Waals surface area contributed by atoms with Crippen molar-refractivity contribution in [1.29, 1.82) is 0 Å². The van der Waals surface area contributed by atoms with E-state index in [9.17, 15) is 0 Å². The highest BCUT2D eigenvalue weighted by Gasteiger charge is 2.05. The van der Waals surface area contributed by atoms with E-state index in [4.69, 9.17) is 9.15 Å². The minimum Gasteiger partial charge on any atom is -0.467 e. The molecule has 1 aromatic heterocycles. The van der Waals surface area contributed by atoms with Gasteiger partial charge < -0.3 is 14.5 Å². The zero-order valence-electron chi connectivity index (χ0n) is 12.0. The van der Waals surface area contributed by atoms with E-state index >= 15 is 0 Å². The molecular formula is C15H27NO2. The fourth-order valence-corrected chi connectivity index (χ4v) is 1.81. The van der Waals surface area contributed by atoms with E-state index in [1.165, 1.54) is 12.0 Å². The van der Waals surface area contributed by atoms with Gasteiger partial charge in [-0.3, -0.25) is 0 Å². The minimum absolute atomic E-state index is 0.592. The van der Waals surface area contributed by atoms with E-state index in [1.807, 2.05) is 6.07 Å². The Hall–Kier alpha value is -0.800. The van der Waals surface area contributed by atoms with E-state index in [1.54, 1.807) is 6.26 Å². The normalized spacial score (nSPS) is 11.3. The van der Waals surface area contributed by atoms with E-state index in [0.717, 1.165) is 44.2 Å². The molecule has 0 bridgehead atoms. The summed E-state index contributed by atoms with van der Waals surface area (Å²) < 4.78 is 11.1. The zero-order valence-corrected chi connectivity index (χ0v) is 12.0. The molecule has 3 heteroatoms. The van der Waals surface area contributed by atoms with Crippen molar-refractivity contribution < 1.29 is 9.15 Å². The third-order valence-electron chi connectivity index (χ3n) is 2.88. The molecule has 0 unspecified atom stereocenters. The van der Waals surface area contributed by atoms with Crippen molar-refractivity contribution in [3.63, 3.8) is 0 Å². The summed E-state index contributed by atoms with van der Waals surface area (Å²) >= 11 is 0. The average Bonchev–Trinajstić information content (AvgIpc) is 2.76. The molecule has 104 valence electrons. The second kappa shape index (κ2) is 9.17. The van der Waals surface area contributed by atoms with Gasteiger partial charge in [-0.15, -0.1) is 0 Å². The number of furan rings is 1. The molecule has 0 aromatic carbocycles. The first-order valence-corrected chi connectivity index (χ1v) is 7.07. The Morgan fingerprint density at radius 2 is 2.22 bits per heavy atom. The maximum atomic E-state index is 5.65. The van der Waals surface area contributed by atoms with Crippen molar-refractivity contribution in [1.82, 2.24) is 5.32 Å². The van der Waals surface area contributed by atoms with Crippen LogP contribution in [0.3, 0.4) is 0 Å². The summed E-state index contributed by atoms with van der Waals surface area (Å²) in [4.78, 5) is 0. The summed E-state index contributed by atoms with van der Waals surface area (Å²) in [6.45, 7) is 9.97. The van der Waals surface area contributed by atoms with Gasteiger partial charge in [0.05, 0.1) is 6.26 Å². The molecule has 3 nitrogen and oxygen atoms in total. The first kappa shape index (κ1) is 15.3. The smallest absolute Gasteiger partial charge is 0.133 e. The Bertz CT molecular complexity index is 307. The SMILES string of the molecule is CCCNCc1ccoc1COCCCC(C)C. The van der Waals surface area contributed by atoms with Crippen molar-refractivity contribution in [3.05, 3.63) is 23.7 Å². The third-order valence-corrected chi connectivity index (χ3v) is 2.88. The molecule has 0 radical (unpaired) electrons. The lowest BCUT2D eigenvalue weighted by Crippen LogP contribution is -2.14. The molecule has 1 rings (SSSR count). The van der Waals surface area contributed by atoms with Gasteiger partial charge in [-0.25, -0.2) is 0 Å². The lowest BCUT2D eigenvalue weighted by Gasteiger charge is -2.07. The number of hydrogen-bond donors (Lipinski definition) is 1. The summed E-state index contributed by atoms with van der Waals surface area (Å²) in [5.41, 5.74) is 1.22. The van der Waals surface area contributed by atoms with Crippen LogP contribution in [0.4, 0.5) is 0 Å². The fourth-order valence-electron chi connectivity index (χ4n) is 1.81. The highest BCUT2D eigenvalue weighted by atomic mass is 16.5.